The van der Waals surface area contributed by atoms with Crippen LogP contribution in [0.4, 0.5) is 5.69 Å². The van der Waals surface area contributed by atoms with E-state index in [4.69, 9.17) is 9.47 Å². The molecule has 9 nitrogen and oxygen atoms in total. The third kappa shape index (κ3) is 6.19. The number of piperazine rings is 1. The van der Waals surface area contributed by atoms with Crippen LogP contribution in [0.3, 0.4) is 0 Å². The molecule has 4 heterocycles. The number of ether oxygens (including phenoxy) is 2. The van der Waals surface area contributed by atoms with Crippen LogP contribution in [0.25, 0.3) is 0 Å². The van der Waals surface area contributed by atoms with Crippen LogP contribution in [-0.4, -0.2) is 100 Å². The number of morpholine rings is 1. The van der Waals surface area contributed by atoms with Gasteiger partial charge in [0.2, 0.25) is 11.8 Å². The van der Waals surface area contributed by atoms with Crippen molar-refractivity contribution in [3.05, 3.63) is 35.9 Å². The fourth-order valence-electron chi connectivity index (χ4n) is 5.64. The number of nitrogens with one attached hydrogen (secondary N) is 2. The van der Waals surface area contributed by atoms with E-state index < -0.39 is 0 Å². The minimum Gasteiger partial charge on any atom is -0.489 e. The zero-order valence-electron chi connectivity index (χ0n) is 21.1. The van der Waals surface area contributed by atoms with E-state index in [0.717, 1.165) is 43.9 Å². The summed E-state index contributed by atoms with van der Waals surface area (Å²) in [6.45, 7) is 9.22. The number of hydrogen-bond donors (Lipinski definition) is 2. The van der Waals surface area contributed by atoms with Gasteiger partial charge in [-0.3, -0.25) is 9.59 Å². The summed E-state index contributed by atoms with van der Waals surface area (Å²) in [7, 11) is 0. The third-order valence-corrected chi connectivity index (χ3v) is 7.80. The molecule has 2 N–H and O–H groups in total. The lowest BCUT2D eigenvalue weighted by atomic mass is 9.82. The molecule has 196 valence electrons. The molecule has 1 aromatic carbocycles. The van der Waals surface area contributed by atoms with E-state index in [-0.39, 0.29) is 23.7 Å². The average Bonchev–Trinajstić information content (AvgIpc) is 2.93. The Kier molecular flexibility index (Phi) is 8.40. The Labute approximate surface area is 213 Å². The molecule has 0 unspecified atom stereocenters. The van der Waals surface area contributed by atoms with Crippen molar-refractivity contribution < 1.29 is 19.1 Å². The number of anilines is 1. The maximum Gasteiger partial charge on any atom is 0.236 e. The van der Waals surface area contributed by atoms with Gasteiger partial charge in [0.1, 0.15) is 12.4 Å². The molecule has 2 bridgehead atoms. The summed E-state index contributed by atoms with van der Waals surface area (Å²) in [5, 5.41) is 6.75. The zero-order chi connectivity index (χ0) is 24.7. The summed E-state index contributed by atoms with van der Waals surface area (Å²) >= 11 is 0. The molecule has 0 saturated carbocycles. The number of fused-ring (bicyclic) bond motifs is 3. The Morgan fingerprint density at radius 2 is 1.83 bits per heavy atom. The molecule has 0 aromatic heterocycles. The summed E-state index contributed by atoms with van der Waals surface area (Å²) in [5.41, 5.74) is 2.26. The second-order valence-corrected chi connectivity index (χ2v) is 10.1. The van der Waals surface area contributed by atoms with Gasteiger partial charge < -0.3 is 34.8 Å². The van der Waals surface area contributed by atoms with Gasteiger partial charge in [-0.05, 0) is 36.5 Å². The molecule has 9 heteroatoms. The van der Waals surface area contributed by atoms with Crippen LogP contribution >= 0.6 is 0 Å². The molecule has 2 atom stereocenters. The number of hydrogen-bond acceptors (Lipinski definition) is 7. The number of rotatable bonds is 3. The first-order valence-electron chi connectivity index (χ1n) is 13.4. The van der Waals surface area contributed by atoms with Gasteiger partial charge in [-0.15, -0.1) is 0 Å². The molecule has 1 aromatic rings. The van der Waals surface area contributed by atoms with Crippen molar-refractivity contribution >= 4 is 17.5 Å². The van der Waals surface area contributed by atoms with Crippen LogP contribution in [0.1, 0.15) is 18.4 Å². The minimum atomic E-state index is 0.117. The fraction of sp³-hybridized carbons (Fsp3) is 0.630. The van der Waals surface area contributed by atoms with Gasteiger partial charge >= 0.3 is 0 Å². The van der Waals surface area contributed by atoms with Crippen molar-refractivity contribution in [3.8, 4) is 5.75 Å². The highest BCUT2D eigenvalue weighted by atomic mass is 16.5. The lowest BCUT2D eigenvalue weighted by Gasteiger charge is -2.38. The van der Waals surface area contributed by atoms with Crippen LogP contribution in [0.5, 0.6) is 5.75 Å². The van der Waals surface area contributed by atoms with Gasteiger partial charge in [0.05, 0.1) is 19.8 Å². The summed E-state index contributed by atoms with van der Waals surface area (Å²) < 4.78 is 11.6. The highest BCUT2D eigenvalue weighted by Crippen LogP contribution is 2.30. The molecular formula is C27H39N5O4. The summed E-state index contributed by atoms with van der Waals surface area (Å²) in [6.07, 6.45) is 5.58. The van der Waals surface area contributed by atoms with Crippen LogP contribution in [-0.2, 0) is 20.9 Å². The van der Waals surface area contributed by atoms with Crippen LogP contribution < -0.4 is 20.3 Å². The highest BCUT2D eigenvalue weighted by Gasteiger charge is 2.32. The second kappa shape index (κ2) is 12.1. The van der Waals surface area contributed by atoms with Crippen LogP contribution in [0.2, 0.25) is 0 Å². The van der Waals surface area contributed by atoms with Gasteiger partial charge in [-0.1, -0.05) is 12.2 Å². The Hall–Kier alpha value is -2.62. The Balaban J connectivity index is 1.28. The first-order chi connectivity index (χ1) is 17.7. The molecular weight excluding hydrogens is 458 g/mol. The highest BCUT2D eigenvalue weighted by molar-refractivity contribution is 5.79. The maximum absolute atomic E-state index is 13.0. The van der Waals surface area contributed by atoms with E-state index in [1.165, 1.54) is 5.69 Å². The third-order valence-electron chi connectivity index (χ3n) is 7.80. The number of carbonyl (C=O) groups excluding carboxylic acids is 2. The van der Waals surface area contributed by atoms with Crippen LogP contribution in [0, 0.1) is 11.8 Å². The lowest BCUT2D eigenvalue weighted by Crippen LogP contribution is -2.48. The van der Waals surface area contributed by atoms with Gasteiger partial charge in [0, 0.05) is 76.6 Å². The number of benzene rings is 1. The van der Waals surface area contributed by atoms with Crippen molar-refractivity contribution in [1.29, 1.82) is 0 Å². The minimum absolute atomic E-state index is 0.117. The zero-order valence-corrected chi connectivity index (χ0v) is 21.1. The first kappa shape index (κ1) is 25.0. The molecule has 4 aliphatic heterocycles. The van der Waals surface area contributed by atoms with Crippen LogP contribution in [0.15, 0.2) is 30.4 Å². The topological polar surface area (TPSA) is 86.4 Å². The van der Waals surface area contributed by atoms with Gasteiger partial charge in [0.25, 0.3) is 0 Å². The van der Waals surface area contributed by atoms with Crippen molar-refractivity contribution in [1.82, 2.24) is 20.4 Å². The Bertz CT molecular complexity index is 942. The van der Waals surface area contributed by atoms with Crippen molar-refractivity contribution in [2.24, 2.45) is 11.8 Å². The fourth-order valence-corrected chi connectivity index (χ4v) is 5.64. The molecule has 0 spiro atoms. The average molecular weight is 498 g/mol. The van der Waals surface area contributed by atoms with E-state index in [1.807, 2.05) is 9.80 Å². The van der Waals surface area contributed by atoms with Crippen molar-refractivity contribution in [2.45, 2.75) is 19.4 Å². The monoisotopic (exact) mass is 497 g/mol. The number of piperidine rings is 1. The van der Waals surface area contributed by atoms with Crippen molar-refractivity contribution in [2.75, 3.05) is 83.6 Å². The lowest BCUT2D eigenvalue weighted by molar-refractivity contribution is -0.137. The van der Waals surface area contributed by atoms with Gasteiger partial charge in [-0.25, -0.2) is 0 Å². The van der Waals surface area contributed by atoms with Crippen molar-refractivity contribution in [3.63, 3.8) is 0 Å². The number of nitrogens with zero attached hydrogens (tertiary/aromatic N) is 3. The Morgan fingerprint density at radius 3 is 2.67 bits per heavy atom. The normalized spacial score (nSPS) is 26.7. The van der Waals surface area contributed by atoms with E-state index in [1.54, 1.807) is 0 Å². The molecule has 4 aliphatic rings. The molecule has 3 fully saturated rings. The van der Waals surface area contributed by atoms with Gasteiger partial charge in [0.15, 0.2) is 0 Å². The van der Waals surface area contributed by atoms with Gasteiger partial charge in [-0.2, -0.15) is 0 Å². The number of amides is 2. The molecule has 3 saturated heterocycles. The standard InChI is InChI=1S/C27H39N5O4/c33-26(31-11-14-35-15-12-31)17-21-5-8-32-20-22(21)2-1-13-36-25-4-3-24(30-9-6-28-7-10-30)16-23(25)18-29-19-27(32)34/h1-4,16,21-22,28-29H,5-15,17-20H2/b2-1-/t21-,22-/m0/s1. The van der Waals surface area contributed by atoms with E-state index in [0.29, 0.717) is 65.5 Å². The predicted molar refractivity (Wildman–Crippen MR) is 138 cm³/mol. The Morgan fingerprint density at radius 1 is 1.00 bits per heavy atom. The summed E-state index contributed by atoms with van der Waals surface area (Å²) in [6, 6.07) is 6.37. The molecule has 36 heavy (non-hydrogen) atoms. The largest absolute Gasteiger partial charge is 0.489 e. The predicted octanol–water partition coefficient (Wildman–Crippen LogP) is 0.848. The smallest absolute Gasteiger partial charge is 0.236 e. The maximum atomic E-state index is 13.0. The summed E-state index contributed by atoms with van der Waals surface area (Å²) in [5.74, 6) is 1.54. The summed E-state index contributed by atoms with van der Waals surface area (Å²) in [4.78, 5) is 32.2. The molecule has 5 rings (SSSR count). The van der Waals surface area contributed by atoms with E-state index >= 15 is 0 Å². The number of carbonyl (C=O) groups is 2. The van der Waals surface area contributed by atoms with E-state index in [2.05, 4.69) is 45.9 Å². The SMILES string of the molecule is O=C(C[C@@H]1CCN2C[C@@H]1/C=C\COc1ccc(N3CCNCC3)cc1CNCC2=O)N1CCOCC1. The quantitative estimate of drug-likeness (QED) is 0.599. The van der Waals surface area contributed by atoms with E-state index in [9.17, 15) is 9.59 Å². The molecule has 0 radical (unpaired) electrons. The second-order valence-electron chi connectivity index (χ2n) is 10.1. The molecule has 0 aliphatic carbocycles. The molecule has 2 amide bonds. The first-order valence-corrected chi connectivity index (χ1v) is 13.4.